The van der Waals surface area contributed by atoms with Gasteiger partial charge in [0.25, 0.3) is 5.56 Å². The van der Waals surface area contributed by atoms with Gasteiger partial charge in [0.15, 0.2) is 11.9 Å². The van der Waals surface area contributed by atoms with Crippen LogP contribution in [0.5, 0.6) is 5.75 Å². The van der Waals surface area contributed by atoms with E-state index in [4.69, 9.17) is 19.2 Å². The Labute approximate surface area is 222 Å². The molecule has 0 spiro atoms. The summed E-state index contributed by atoms with van der Waals surface area (Å²) in [4.78, 5) is 34.0. The van der Waals surface area contributed by atoms with E-state index >= 15 is 0 Å². The topological polar surface area (TPSA) is 90.5 Å². The summed E-state index contributed by atoms with van der Waals surface area (Å²) in [5, 5.41) is 3.19. The molecule has 9 heteroatoms. The third-order valence-corrected chi connectivity index (χ3v) is 8.54. The molecule has 6 rings (SSSR count). The summed E-state index contributed by atoms with van der Waals surface area (Å²) in [6.07, 6.45) is 4.69. The van der Waals surface area contributed by atoms with Crippen LogP contribution in [0, 0.1) is 0 Å². The Morgan fingerprint density at radius 3 is 2.89 bits per heavy atom. The van der Waals surface area contributed by atoms with Crippen molar-refractivity contribution in [3.63, 3.8) is 0 Å². The van der Waals surface area contributed by atoms with Gasteiger partial charge in [-0.05, 0) is 61.4 Å². The minimum Gasteiger partial charge on any atom is -0.467 e. The maximum absolute atomic E-state index is 13.2. The molecule has 2 aromatic carbocycles. The van der Waals surface area contributed by atoms with Gasteiger partial charge in [-0.1, -0.05) is 30.0 Å². The zero-order valence-electron chi connectivity index (χ0n) is 20.4. The van der Waals surface area contributed by atoms with Crippen LogP contribution in [0.25, 0.3) is 21.3 Å². The SMILES string of the molecule is CCOC(=O)c1cc2c(c(CSc3nc4scc(-c5ccc6c(c5)CCCC6)c4c(=O)[nH]3)c1)OCOC2. The number of ether oxygens (including phenoxy) is 3. The van der Waals surface area contributed by atoms with Crippen LogP contribution >= 0.6 is 23.1 Å². The van der Waals surface area contributed by atoms with E-state index in [1.165, 1.54) is 47.1 Å². The number of carbonyl (C=O) groups excluding carboxylic acids is 1. The highest BCUT2D eigenvalue weighted by Crippen LogP contribution is 2.36. The first-order chi connectivity index (χ1) is 18.1. The van der Waals surface area contributed by atoms with Crippen molar-refractivity contribution < 1.29 is 19.0 Å². The molecule has 1 N–H and O–H groups in total. The van der Waals surface area contributed by atoms with Crippen molar-refractivity contribution in [2.75, 3.05) is 13.4 Å². The first-order valence-electron chi connectivity index (χ1n) is 12.4. The maximum atomic E-state index is 13.2. The number of fused-ring (bicyclic) bond motifs is 3. The largest absolute Gasteiger partial charge is 0.467 e. The number of thioether (sulfide) groups is 1. The van der Waals surface area contributed by atoms with Gasteiger partial charge in [0, 0.05) is 27.8 Å². The fourth-order valence-electron chi connectivity index (χ4n) is 5.00. The van der Waals surface area contributed by atoms with Crippen molar-refractivity contribution in [2.24, 2.45) is 0 Å². The molecule has 2 aliphatic rings. The van der Waals surface area contributed by atoms with Crippen LogP contribution in [0.3, 0.4) is 0 Å². The van der Waals surface area contributed by atoms with Crippen LogP contribution in [0.2, 0.25) is 0 Å². The Morgan fingerprint density at radius 2 is 2.03 bits per heavy atom. The Hall–Kier alpha value is -3.14. The van der Waals surface area contributed by atoms with Gasteiger partial charge in [-0.3, -0.25) is 4.79 Å². The maximum Gasteiger partial charge on any atom is 0.338 e. The molecule has 3 heterocycles. The van der Waals surface area contributed by atoms with Gasteiger partial charge in [-0.15, -0.1) is 11.3 Å². The van der Waals surface area contributed by atoms with Crippen LogP contribution in [0.1, 0.15) is 52.4 Å². The van der Waals surface area contributed by atoms with Crippen LogP contribution in [-0.4, -0.2) is 29.3 Å². The van der Waals surface area contributed by atoms with E-state index < -0.39 is 0 Å². The van der Waals surface area contributed by atoms with Crippen molar-refractivity contribution in [3.8, 4) is 16.9 Å². The van der Waals surface area contributed by atoms with Crippen LogP contribution < -0.4 is 10.3 Å². The molecule has 1 aliphatic heterocycles. The number of aromatic amines is 1. The third kappa shape index (κ3) is 4.79. The quantitative estimate of drug-likeness (QED) is 0.188. The van der Waals surface area contributed by atoms with E-state index in [9.17, 15) is 9.59 Å². The Morgan fingerprint density at radius 1 is 1.16 bits per heavy atom. The van der Waals surface area contributed by atoms with Gasteiger partial charge in [-0.2, -0.15) is 0 Å². The second kappa shape index (κ2) is 10.3. The molecule has 1 aliphatic carbocycles. The summed E-state index contributed by atoms with van der Waals surface area (Å²) in [6, 6.07) is 10.1. The van der Waals surface area contributed by atoms with Crippen molar-refractivity contribution in [3.05, 3.63) is 73.9 Å². The predicted molar refractivity (Wildman–Crippen MR) is 145 cm³/mol. The first-order valence-corrected chi connectivity index (χ1v) is 14.3. The van der Waals surface area contributed by atoms with E-state index in [0.717, 1.165) is 35.1 Å². The zero-order valence-corrected chi connectivity index (χ0v) is 22.1. The number of hydrogen-bond acceptors (Lipinski definition) is 8. The van der Waals surface area contributed by atoms with Crippen molar-refractivity contribution in [1.29, 1.82) is 0 Å². The number of thiophene rings is 1. The lowest BCUT2D eigenvalue weighted by atomic mass is 9.89. The zero-order chi connectivity index (χ0) is 25.4. The second-order valence-corrected chi connectivity index (χ2v) is 11.0. The molecule has 0 unspecified atom stereocenters. The monoisotopic (exact) mass is 534 g/mol. The fraction of sp³-hybridized carbons (Fsp3) is 0.321. The smallest absolute Gasteiger partial charge is 0.338 e. The molecule has 2 aromatic heterocycles. The van der Waals surface area contributed by atoms with E-state index in [1.54, 1.807) is 19.1 Å². The molecule has 0 bridgehead atoms. The molecule has 7 nitrogen and oxygen atoms in total. The Balaban J connectivity index is 1.29. The van der Waals surface area contributed by atoms with Gasteiger partial charge in [0.05, 0.1) is 24.2 Å². The van der Waals surface area contributed by atoms with Crippen LogP contribution in [0.15, 0.2) is 45.7 Å². The van der Waals surface area contributed by atoms with Crippen molar-refractivity contribution in [2.45, 2.75) is 50.1 Å². The number of nitrogens with zero attached hydrogens (tertiary/aromatic N) is 1. The average molecular weight is 535 g/mol. The highest BCUT2D eigenvalue weighted by Gasteiger charge is 2.21. The molecule has 190 valence electrons. The number of esters is 1. The Kier molecular flexibility index (Phi) is 6.75. The average Bonchev–Trinajstić information content (AvgIpc) is 3.36. The number of H-pyrrole nitrogens is 1. The summed E-state index contributed by atoms with van der Waals surface area (Å²) in [5.41, 5.74) is 6.76. The lowest BCUT2D eigenvalue weighted by Crippen LogP contribution is -2.15. The molecule has 0 atom stereocenters. The van der Waals surface area contributed by atoms with Crippen LogP contribution in [0.4, 0.5) is 0 Å². The molecule has 0 saturated heterocycles. The van der Waals surface area contributed by atoms with Gasteiger partial charge < -0.3 is 19.2 Å². The number of aryl methyl sites for hydroxylation is 2. The molecule has 37 heavy (non-hydrogen) atoms. The minimum atomic E-state index is -0.386. The van der Waals surface area contributed by atoms with E-state index in [1.807, 2.05) is 5.38 Å². The van der Waals surface area contributed by atoms with E-state index in [2.05, 4.69) is 23.2 Å². The number of benzene rings is 2. The predicted octanol–water partition coefficient (Wildman–Crippen LogP) is 5.87. The molecule has 0 amide bonds. The van der Waals surface area contributed by atoms with Crippen LogP contribution in [-0.2, 0) is 34.7 Å². The summed E-state index contributed by atoms with van der Waals surface area (Å²) in [7, 11) is 0. The number of nitrogens with one attached hydrogen (secondary N) is 1. The summed E-state index contributed by atoms with van der Waals surface area (Å²) in [5.74, 6) is 0.789. The number of carbonyl (C=O) groups is 1. The lowest BCUT2D eigenvalue weighted by Gasteiger charge is -2.21. The van der Waals surface area contributed by atoms with Crippen molar-refractivity contribution in [1.82, 2.24) is 9.97 Å². The molecule has 0 fully saturated rings. The second-order valence-electron chi connectivity index (χ2n) is 9.13. The fourth-order valence-corrected chi connectivity index (χ4v) is 6.83. The highest BCUT2D eigenvalue weighted by atomic mass is 32.2. The number of aromatic nitrogens is 2. The molecule has 4 aromatic rings. The molecular weight excluding hydrogens is 508 g/mol. The van der Waals surface area contributed by atoms with Gasteiger partial charge in [-0.25, -0.2) is 9.78 Å². The highest BCUT2D eigenvalue weighted by molar-refractivity contribution is 7.98. The molecular formula is C28H26N2O5S2. The van der Waals surface area contributed by atoms with Gasteiger partial charge >= 0.3 is 5.97 Å². The molecule has 0 radical (unpaired) electrons. The lowest BCUT2D eigenvalue weighted by molar-refractivity contribution is -0.0169. The summed E-state index contributed by atoms with van der Waals surface area (Å²) in [6.45, 7) is 2.60. The third-order valence-electron chi connectivity index (χ3n) is 6.74. The summed E-state index contributed by atoms with van der Waals surface area (Å²) >= 11 is 2.88. The Bertz CT molecular complexity index is 1560. The normalized spacial score (nSPS) is 14.6. The van der Waals surface area contributed by atoms with Gasteiger partial charge in [0.1, 0.15) is 10.6 Å². The number of hydrogen-bond donors (Lipinski definition) is 1. The minimum absolute atomic E-state index is 0.145. The summed E-state index contributed by atoms with van der Waals surface area (Å²) < 4.78 is 16.3. The van der Waals surface area contributed by atoms with E-state index in [0.29, 0.717) is 45.7 Å². The number of rotatable bonds is 6. The van der Waals surface area contributed by atoms with Gasteiger partial charge in [0.2, 0.25) is 0 Å². The standard InChI is InChI=1S/C28H26N2O5S2/c1-2-34-27(32)19-10-20-12-33-15-35-24(20)21(11-19)13-37-28-29-25(31)23-22(14-36-26(23)30-28)18-8-7-16-5-3-4-6-17(16)9-18/h7-11,14H,2-6,12-13,15H2,1H3,(H,29,30,31). The van der Waals surface area contributed by atoms with E-state index in [-0.39, 0.29) is 18.3 Å². The first kappa shape index (κ1) is 24.2. The van der Waals surface area contributed by atoms with Crippen molar-refractivity contribution >= 4 is 39.3 Å². The molecule has 0 saturated carbocycles.